The summed E-state index contributed by atoms with van der Waals surface area (Å²) in [7, 11) is -2.02. The third kappa shape index (κ3) is 4.28. The van der Waals surface area contributed by atoms with E-state index in [1.54, 1.807) is 0 Å². The van der Waals surface area contributed by atoms with Crippen molar-refractivity contribution >= 4 is 31.9 Å². The zero-order valence-corrected chi connectivity index (χ0v) is 12.0. The van der Waals surface area contributed by atoms with Crippen molar-refractivity contribution in [1.29, 1.82) is 0 Å². The number of phenols is 1. The number of rotatable bonds is 5. The van der Waals surface area contributed by atoms with Crippen molar-refractivity contribution in [2.24, 2.45) is 0 Å². The molecule has 0 aliphatic rings. The molecule has 8 heteroatoms. The summed E-state index contributed by atoms with van der Waals surface area (Å²) in [6.45, 7) is -0.00116. The van der Waals surface area contributed by atoms with E-state index in [1.165, 1.54) is 25.2 Å². The van der Waals surface area contributed by atoms with Crippen LogP contribution in [0.4, 0.5) is 0 Å². The summed E-state index contributed by atoms with van der Waals surface area (Å²) in [6, 6.07) is 4.35. The van der Waals surface area contributed by atoms with Crippen molar-refractivity contribution in [2.45, 2.75) is 0 Å². The highest BCUT2D eigenvalue weighted by atomic mass is 79.9. The fourth-order valence-electron chi connectivity index (χ4n) is 1.16. The molecule has 0 atom stereocenters. The van der Waals surface area contributed by atoms with Crippen molar-refractivity contribution < 1.29 is 18.3 Å². The van der Waals surface area contributed by atoms with Crippen LogP contribution in [0.5, 0.6) is 5.75 Å². The topological polar surface area (TPSA) is 95.5 Å². The number of hydrogen-bond donors (Lipinski definition) is 3. The van der Waals surface area contributed by atoms with Gasteiger partial charge in [0.15, 0.2) is 0 Å². The van der Waals surface area contributed by atoms with E-state index in [1.807, 2.05) is 0 Å². The van der Waals surface area contributed by atoms with E-state index in [4.69, 9.17) is 0 Å². The van der Waals surface area contributed by atoms with E-state index in [0.717, 1.165) is 0 Å². The molecule has 0 unspecified atom stereocenters. The third-order valence-electron chi connectivity index (χ3n) is 2.18. The zero-order valence-electron chi connectivity index (χ0n) is 9.60. The molecule has 0 saturated carbocycles. The molecule has 1 rings (SSSR count). The van der Waals surface area contributed by atoms with Gasteiger partial charge in [0.05, 0.1) is 10.2 Å². The minimum atomic E-state index is -3.33. The highest BCUT2D eigenvalue weighted by Gasteiger charge is 2.10. The van der Waals surface area contributed by atoms with Crippen molar-refractivity contribution in [2.75, 3.05) is 19.3 Å². The molecular weight excluding hydrogens is 324 g/mol. The van der Waals surface area contributed by atoms with Gasteiger partial charge in [-0.25, -0.2) is 13.1 Å². The van der Waals surface area contributed by atoms with Gasteiger partial charge in [0, 0.05) is 12.1 Å². The minimum absolute atomic E-state index is 0.00116. The van der Waals surface area contributed by atoms with Crippen LogP contribution in [0.1, 0.15) is 10.4 Å². The summed E-state index contributed by atoms with van der Waals surface area (Å²) in [6.07, 6.45) is 0. The van der Waals surface area contributed by atoms with Crippen LogP contribution < -0.4 is 10.0 Å². The van der Waals surface area contributed by atoms with Gasteiger partial charge in [-0.15, -0.1) is 0 Å². The van der Waals surface area contributed by atoms with Gasteiger partial charge >= 0.3 is 0 Å². The Morgan fingerprint density at radius 1 is 1.44 bits per heavy atom. The number of aromatic hydroxyl groups is 1. The van der Waals surface area contributed by atoms with E-state index in [2.05, 4.69) is 26.0 Å². The highest BCUT2D eigenvalue weighted by Crippen LogP contribution is 2.24. The molecule has 1 aromatic rings. The molecule has 1 aromatic carbocycles. The molecule has 0 aliphatic carbocycles. The quantitative estimate of drug-likeness (QED) is 0.726. The molecule has 100 valence electrons. The number of amides is 1. The summed E-state index contributed by atoms with van der Waals surface area (Å²) in [4.78, 5) is 11.6. The number of nitrogens with one attached hydrogen (secondary N) is 2. The van der Waals surface area contributed by atoms with Gasteiger partial charge in [-0.1, -0.05) is 0 Å². The van der Waals surface area contributed by atoms with Crippen molar-refractivity contribution in [3.63, 3.8) is 0 Å². The standard InChI is InChI=1S/C10H13BrN2O4S/c1-12-18(16,17)5-4-13-10(15)7-2-3-8(11)9(14)6-7/h2-3,6,12,14H,4-5H2,1H3,(H,13,15). The first-order valence-corrected chi connectivity index (χ1v) is 7.48. The Morgan fingerprint density at radius 2 is 2.11 bits per heavy atom. The second-order valence-corrected chi connectivity index (χ2v) is 6.35. The first kappa shape index (κ1) is 14.9. The molecule has 3 N–H and O–H groups in total. The lowest BCUT2D eigenvalue weighted by Crippen LogP contribution is -2.32. The SMILES string of the molecule is CNS(=O)(=O)CCNC(=O)c1ccc(Br)c(O)c1. The maximum atomic E-state index is 11.6. The molecule has 0 radical (unpaired) electrons. The molecule has 0 fully saturated rings. The summed E-state index contributed by atoms with van der Waals surface area (Å²) >= 11 is 3.10. The number of phenolic OH excluding ortho intramolecular Hbond substituents is 1. The lowest BCUT2D eigenvalue weighted by atomic mass is 10.2. The molecule has 0 aliphatic heterocycles. The van der Waals surface area contributed by atoms with Crippen molar-refractivity contribution in [1.82, 2.24) is 10.0 Å². The van der Waals surface area contributed by atoms with Gasteiger partial charge in [-0.3, -0.25) is 4.79 Å². The Hall–Kier alpha value is -1.12. The Morgan fingerprint density at radius 3 is 2.67 bits per heavy atom. The van der Waals surface area contributed by atoms with Crippen LogP contribution in [0.2, 0.25) is 0 Å². The predicted octanol–water partition coefficient (Wildman–Crippen LogP) is 0.434. The fourth-order valence-corrected chi connectivity index (χ4v) is 1.98. The predicted molar refractivity (Wildman–Crippen MR) is 71.0 cm³/mol. The van der Waals surface area contributed by atoms with Gasteiger partial charge in [0.1, 0.15) is 5.75 Å². The van der Waals surface area contributed by atoms with E-state index < -0.39 is 15.9 Å². The Bertz CT molecular complexity index is 545. The Kier molecular flexibility index (Phi) is 5.12. The summed E-state index contributed by atoms with van der Waals surface area (Å²) in [5.41, 5.74) is 0.262. The van der Waals surface area contributed by atoms with Crippen molar-refractivity contribution in [3.8, 4) is 5.75 Å². The molecule has 0 bridgehead atoms. The van der Waals surface area contributed by atoms with Crippen LogP contribution in [0.3, 0.4) is 0 Å². The maximum Gasteiger partial charge on any atom is 0.251 e. The number of carbonyl (C=O) groups excluding carboxylic acids is 1. The normalized spacial score (nSPS) is 11.2. The maximum absolute atomic E-state index is 11.6. The minimum Gasteiger partial charge on any atom is -0.507 e. The molecule has 0 heterocycles. The monoisotopic (exact) mass is 336 g/mol. The van der Waals surface area contributed by atoms with Crippen molar-refractivity contribution in [3.05, 3.63) is 28.2 Å². The van der Waals surface area contributed by atoms with Gasteiger partial charge in [-0.2, -0.15) is 0 Å². The summed E-state index contributed by atoms with van der Waals surface area (Å²) in [5, 5.41) is 11.9. The molecule has 0 aromatic heterocycles. The largest absolute Gasteiger partial charge is 0.507 e. The Balaban J connectivity index is 2.58. The lowest BCUT2D eigenvalue weighted by Gasteiger charge is -2.06. The van der Waals surface area contributed by atoms with Crippen LogP contribution in [-0.4, -0.2) is 38.8 Å². The van der Waals surface area contributed by atoms with Gasteiger partial charge < -0.3 is 10.4 Å². The average molecular weight is 337 g/mol. The first-order chi connectivity index (χ1) is 8.35. The third-order valence-corrected chi connectivity index (χ3v) is 4.21. The fraction of sp³-hybridized carbons (Fsp3) is 0.300. The van der Waals surface area contributed by atoms with E-state index >= 15 is 0 Å². The van der Waals surface area contributed by atoms with Gasteiger partial charge in [0.2, 0.25) is 10.0 Å². The molecule has 6 nitrogen and oxygen atoms in total. The zero-order chi connectivity index (χ0) is 13.8. The second kappa shape index (κ2) is 6.17. The molecule has 0 spiro atoms. The van der Waals surface area contributed by atoms with Crippen LogP contribution in [-0.2, 0) is 10.0 Å². The number of benzene rings is 1. The number of hydrogen-bond acceptors (Lipinski definition) is 4. The second-order valence-electron chi connectivity index (χ2n) is 3.45. The average Bonchev–Trinajstić information content (AvgIpc) is 2.32. The van der Waals surface area contributed by atoms with Gasteiger partial charge in [-0.05, 0) is 41.2 Å². The summed E-state index contributed by atoms with van der Waals surface area (Å²) < 4.78 is 24.8. The smallest absolute Gasteiger partial charge is 0.251 e. The number of carbonyl (C=O) groups is 1. The molecule has 0 saturated heterocycles. The molecular formula is C10H13BrN2O4S. The van der Waals surface area contributed by atoms with Crippen LogP contribution in [0, 0.1) is 0 Å². The molecule has 18 heavy (non-hydrogen) atoms. The van der Waals surface area contributed by atoms with Crippen LogP contribution in [0.15, 0.2) is 22.7 Å². The number of sulfonamides is 1. The Labute approximate surface area is 114 Å². The van der Waals surface area contributed by atoms with E-state index in [0.29, 0.717) is 4.47 Å². The van der Waals surface area contributed by atoms with E-state index in [-0.39, 0.29) is 23.6 Å². The lowest BCUT2D eigenvalue weighted by molar-refractivity contribution is 0.0955. The summed E-state index contributed by atoms with van der Waals surface area (Å²) in [5.74, 6) is -0.688. The highest BCUT2D eigenvalue weighted by molar-refractivity contribution is 9.10. The molecule has 1 amide bonds. The van der Waals surface area contributed by atoms with E-state index in [9.17, 15) is 18.3 Å². The first-order valence-electron chi connectivity index (χ1n) is 5.03. The van der Waals surface area contributed by atoms with Crippen LogP contribution in [0.25, 0.3) is 0 Å². The van der Waals surface area contributed by atoms with Gasteiger partial charge in [0.25, 0.3) is 5.91 Å². The number of halogens is 1. The van der Waals surface area contributed by atoms with Crippen LogP contribution >= 0.6 is 15.9 Å².